The summed E-state index contributed by atoms with van der Waals surface area (Å²) < 4.78 is 0. The maximum absolute atomic E-state index is 12.4. The zero-order valence-corrected chi connectivity index (χ0v) is 12.0. The lowest BCUT2D eigenvalue weighted by molar-refractivity contribution is 0.0992. The molecule has 0 spiro atoms. The van der Waals surface area contributed by atoms with E-state index in [1.54, 1.807) is 11.9 Å². The molecule has 3 rings (SSSR count). The maximum atomic E-state index is 12.4. The van der Waals surface area contributed by atoms with Crippen molar-refractivity contribution in [3.63, 3.8) is 0 Å². The largest absolute Gasteiger partial charge is 0.310 e. The number of amides is 1. The SMILES string of the molecule is CC.CN1C(=O)c2ccccc2C#Cc2ccccc21. The van der Waals surface area contributed by atoms with Gasteiger partial charge in [-0.25, -0.2) is 0 Å². The molecular formula is C18H17NO. The van der Waals surface area contributed by atoms with E-state index in [4.69, 9.17) is 0 Å². The third-order valence-electron chi connectivity index (χ3n) is 3.06. The molecule has 0 radical (unpaired) electrons. The van der Waals surface area contributed by atoms with Crippen molar-refractivity contribution in [1.29, 1.82) is 0 Å². The van der Waals surface area contributed by atoms with Crippen LogP contribution in [0.2, 0.25) is 0 Å². The molecule has 0 aliphatic carbocycles. The lowest BCUT2D eigenvalue weighted by Crippen LogP contribution is -2.28. The van der Waals surface area contributed by atoms with E-state index in [0.717, 1.165) is 16.8 Å². The Morgan fingerprint density at radius 2 is 1.40 bits per heavy atom. The van der Waals surface area contributed by atoms with E-state index in [9.17, 15) is 4.79 Å². The average Bonchev–Trinajstić information content (AvgIpc) is 2.53. The molecule has 100 valence electrons. The normalized spacial score (nSPS) is 11.8. The fourth-order valence-electron chi connectivity index (χ4n) is 2.08. The van der Waals surface area contributed by atoms with Gasteiger partial charge < -0.3 is 4.90 Å². The Morgan fingerprint density at radius 1 is 0.850 bits per heavy atom. The molecule has 2 aromatic rings. The van der Waals surface area contributed by atoms with E-state index in [-0.39, 0.29) is 5.91 Å². The van der Waals surface area contributed by atoms with Crippen LogP contribution in [-0.4, -0.2) is 13.0 Å². The maximum Gasteiger partial charge on any atom is 0.259 e. The van der Waals surface area contributed by atoms with E-state index in [0.29, 0.717) is 5.56 Å². The van der Waals surface area contributed by atoms with Gasteiger partial charge in [-0.3, -0.25) is 4.79 Å². The summed E-state index contributed by atoms with van der Waals surface area (Å²) in [5.41, 5.74) is 3.17. The summed E-state index contributed by atoms with van der Waals surface area (Å²) in [7, 11) is 1.78. The van der Waals surface area contributed by atoms with Gasteiger partial charge in [-0.2, -0.15) is 0 Å². The Labute approximate surface area is 120 Å². The fraction of sp³-hybridized carbons (Fsp3) is 0.167. The molecule has 2 nitrogen and oxygen atoms in total. The number of hydrogen-bond acceptors (Lipinski definition) is 1. The first-order valence-corrected chi connectivity index (χ1v) is 6.75. The Kier molecular flexibility index (Phi) is 4.22. The van der Waals surface area contributed by atoms with Gasteiger partial charge in [0.05, 0.1) is 11.3 Å². The topological polar surface area (TPSA) is 20.3 Å². The number of nitrogens with zero attached hydrogens (tertiary/aromatic N) is 1. The van der Waals surface area contributed by atoms with Crippen LogP contribution >= 0.6 is 0 Å². The number of carbonyl (C=O) groups excluding carboxylic acids is 1. The summed E-state index contributed by atoms with van der Waals surface area (Å²) >= 11 is 0. The van der Waals surface area contributed by atoms with E-state index in [1.165, 1.54) is 0 Å². The minimum atomic E-state index is -0.0212. The molecule has 0 aromatic heterocycles. The molecule has 0 bridgehead atoms. The lowest BCUT2D eigenvalue weighted by atomic mass is 10.0. The Hall–Kier alpha value is -2.53. The summed E-state index contributed by atoms with van der Waals surface area (Å²) in [4.78, 5) is 14.1. The van der Waals surface area contributed by atoms with Gasteiger partial charge in [-0.05, 0) is 24.3 Å². The molecule has 1 amide bonds. The molecule has 1 heterocycles. The molecule has 2 aromatic carbocycles. The van der Waals surface area contributed by atoms with Gasteiger partial charge in [0, 0.05) is 18.2 Å². The fourth-order valence-corrected chi connectivity index (χ4v) is 2.08. The van der Waals surface area contributed by atoms with Gasteiger partial charge in [0.15, 0.2) is 0 Å². The summed E-state index contributed by atoms with van der Waals surface area (Å²) in [6.45, 7) is 4.00. The van der Waals surface area contributed by atoms with Gasteiger partial charge in [-0.15, -0.1) is 0 Å². The van der Waals surface area contributed by atoms with Crippen LogP contribution in [0, 0.1) is 11.8 Å². The van der Waals surface area contributed by atoms with Gasteiger partial charge in [0.2, 0.25) is 0 Å². The van der Waals surface area contributed by atoms with Crippen LogP contribution in [0.4, 0.5) is 5.69 Å². The highest BCUT2D eigenvalue weighted by atomic mass is 16.2. The molecule has 0 saturated carbocycles. The molecule has 0 N–H and O–H groups in total. The number of anilines is 1. The standard InChI is InChI=1S/C16H11NO.C2H6/c1-17-15-9-5-3-7-13(15)11-10-12-6-2-4-8-14(12)16(17)18;1-2/h2-9H,1H3;1-2H3. The van der Waals surface area contributed by atoms with Crippen molar-refractivity contribution in [2.45, 2.75) is 13.8 Å². The summed E-state index contributed by atoms with van der Waals surface area (Å²) in [5.74, 6) is 6.18. The van der Waals surface area contributed by atoms with Crippen LogP contribution in [-0.2, 0) is 0 Å². The summed E-state index contributed by atoms with van der Waals surface area (Å²) in [6.07, 6.45) is 0. The first-order chi connectivity index (χ1) is 9.77. The van der Waals surface area contributed by atoms with E-state index >= 15 is 0 Å². The first-order valence-electron chi connectivity index (χ1n) is 6.75. The van der Waals surface area contributed by atoms with Crippen LogP contribution in [0.5, 0.6) is 0 Å². The number of para-hydroxylation sites is 1. The third kappa shape index (κ3) is 2.44. The van der Waals surface area contributed by atoms with E-state index < -0.39 is 0 Å². The van der Waals surface area contributed by atoms with Crippen molar-refractivity contribution >= 4 is 11.6 Å². The minimum absolute atomic E-state index is 0.0212. The van der Waals surface area contributed by atoms with Crippen LogP contribution in [0.25, 0.3) is 0 Å². The van der Waals surface area contributed by atoms with E-state index in [1.807, 2.05) is 62.4 Å². The van der Waals surface area contributed by atoms with Crippen LogP contribution in [0.15, 0.2) is 48.5 Å². The number of fused-ring (bicyclic) bond motifs is 2. The number of rotatable bonds is 0. The van der Waals surface area contributed by atoms with Crippen LogP contribution in [0.3, 0.4) is 0 Å². The number of benzene rings is 2. The summed E-state index contributed by atoms with van der Waals surface area (Å²) in [5, 5.41) is 0. The number of carbonyl (C=O) groups is 1. The molecule has 1 aliphatic rings. The summed E-state index contributed by atoms with van der Waals surface area (Å²) in [6, 6.07) is 15.1. The van der Waals surface area contributed by atoms with Crippen molar-refractivity contribution in [1.82, 2.24) is 0 Å². The average molecular weight is 263 g/mol. The second-order valence-corrected chi connectivity index (χ2v) is 4.18. The van der Waals surface area contributed by atoms with Crippen molar-refractivity contribution in [2.75, 3.05) is 11.9 Å². The smallest absolute Gasteiger partial charge is 0.259 e. The van der Waals surface area contributed by atoms with Crippen LogP contribution in [0.1, 0.15) is 35.3 Å². The van der Waals surface area contributed by atoms with Gasteiger partial charge in [-0.1, -0.05) is 50.0 Å². The van der Waals surface area contributed by atoms with Crippen molar-refractivity contribution in [2.24, 2.45) is 0 Å². The molecule has 0 saturated heterocycles. The highest BCUT2D eigenvalue weighted by Crippen LogP contribution is 2.23. The molecule has 0 fully saturated rings. The first kappa shape index (κ1) is 13.9. The van der Waals surface area contributed by atoms with Crippen molar-refractivity contribution in [3.8, 4) is 11.8 Å². The van der Waals surface area contributed by atoms with E-state index in [2.05, 4.69) is 11.8 Å². The van der Waals surface area contributed by atoms with Crippen molar-refractivity contribution in [3.05, 3.63) is 65.2 Å². The zero-order valence-electron chi connectivity index (χ0n) is 12.0. The minimum Gasteiger partial charge on any atom is -0.310 e. The Bertz CT molecular complexity index is 692. The van der Waals surface area contributed by atoms with Gasteiger partial charge in [0.1, 0.15) is 0 Å². The lowest BCUT2D eigenvalue weighted by Gasteiger charge is -2.21. The quantitative estimate of drug-likeness (QED) is 0.664. The molecule has 0 atom stereocenters. The Morgan fingerprint density at radius 3 is 2.15 bits per heavy atom. The molecule has 0 unspecified atom stereocenters. The second kappa shape index (κ2) is 6.08. The zero-order chi connectivity index (χ0) is 14.5. The predicted octanol–water partition coefficient (Wildman–Crippen LogP) is 3.70. The van der Waals surface area contributed by atoms with Crippen LogP contribution < -0.4 is 4.90 Å². The van der Waals surface area contributed by atoms with Gasteiger partial charge in [0.25, 0.3) is 5.91 Å². The second-order valence-electron chi connectivity index (χ2n) is 4.18. The predicted molar refractivity (Wildman–Crippen MR) is 82.9 cm³/mol. The highest BCUT2D eigenvalue weighted by molar-refractivity contribution is 6.08. The van der Waals surface area contributed by atoms with Gasteiger partial charge >= 0.3 is 0 Å². The monoisotopic (exact) mass is 263 g/mol. The molecule has 2 heteroatoms. The Balaban J connectivity index is 0.000000704. The molecular weight excluding hydrogens is 246 g/mol. The molecule has 20 heavy (non-hydrogen) atoms. The molecule has 1 aliphatic heterocycles. The third-order valence-corrected chi connectivity index (χ3v) is 3.06. The number of hydrogen-bond donors (Lipinski definition) is 0. The van der Waals surface area contributed by atoms with Crippen molar-refractivity contribution < 1.29 is 4.79 Å². The highest BCUT2D eigenvalue weighted by Gasteiger charge is 2.19.